The number of halogens is 1. The van der Waals surface area contributed by atoms with E-state index in [1.165, 1.54) is 4.90 Å². The number of hydroxylamine groups is 1. The highest BCUT2D eigenvalue weighted by molar-refractivity contribution is 6.31. The summed E-state index contributed by atoms with van der Waals surface area (Å²) in [6.07, 6.45) is -1.08. The number of carbonyl (C=O) groups excluding carboxylic acids is 2. The maximum atomic E-state index is 14.6. The zero-order chi connectivity index (χ0) is 25.6. The molecule has 0 N–H and O–H groups in total. The van der Waals surface area contributed by atoms with Crippen LogP contribution in [-0.4, -0.2) is 25.0 Å². The Labute approximate surface area is 219 Å². The van der Waals surface area contributed by atoms with Crippen LogP contribution in [0.3, 0.4) is 0 Å². The molecule has 6 rings (SSSR count). The van der Waals surface area contributed by atoms with Crippen molar-refractivity contribution in [2.24, 2.45) is 0 Å². The minimum absolute atomic E-state index is 0.352. The first-order valence-electron chi connectivity index (χ1n) is 11.9. The monoisotopic (exact) mass is 510 g/mol. The van der Waals surface area contributed by atoms with Gasteiger partial charge in [-0.3, -0.25) is 14.4 Å². The summed E-state index contributed by atoms with van der Waals surface area (Å²) < 4.78 is 5.38. The molecule has 2 saturated heterocycles. The molecule has 0 bridgehead atoms. The van der Waals surface area contributed by atoms with Crippen LogP contribution >= 0.6 is 11.6 Å². The number of fused-ring (bicyclic) bond motifs is 1. The van der Waals surface area contributed by atoms with Gasteiger partial charge in [-0.25, -0.2) is 9.96 Å². The third-order valence-electron chi connectivity index (χ3n) is 7.08. The number of amides is 2. The lowest BCUT2D eigenvalue weighted by Crippen LogP contribution is -2.46. The molecule has 2 amide bonds. The zero-order valence-electron chi connectivity index (χ0n) is 20.0. The summed E-state index contributed by atoms with van der Waals surface area (Å²) in [6, 6.07) is 32.5. The quantitative estimate of drug-likeness (QED) is 0.321. The molecule has 4 aromatic rings. The number of ether oxygens (including phenoxy) is 1. The molecule has 3 atom stereocenters. The van der Waals surface area contributed by atoms with Crippen LogP contribution in [-0.2, 0) is 19.8 Å². The van der Waals surface area contributed by atoms with Crippen LogP contribution in [0.2, 0.25) is 5.02 Å². The summed E-state index contributed by atoms with van der Waals surface area (Å²) in [5, 5.41) is 2.22. The fraction of sp³-hybridized carbons (Fsp3) is 0.133. The lowest BCUT2D eigenvalue weighted by atomic mass is 9.69. The largest absolute Gasteiger partial charge is 0.497 e. The van der Waals surface area contributed by atoms with E-state index in [1.54, 1.807) is 36.4 Å². The van der Waals surface area contributed by atoms with Gasteiger partial charge in [-0.05, 0) is 59.7 Å². The molecular formula is C30H23ClN2O4. The Morgan fingerprint density at radius 1 is 0.784 bits per heavy atom. The standard InChI is InChI=1S/C30H23ClN2O4/c1-36-25-18-12-20(13-19-25)26-30(21-8-4-2-5-9-21)27(37-33(26)24-10-6-3-7-11-24)28(34)32(29(30)35)23-16-14-22(31)15-17-23/h2-19,26-27H,1H3/t26-,27+,30+/m0/s1. The number of anilines is 2. The summed E-state index contributed by atoms with van der Waals surface area (Å²) in [5.41, 5.74) is 1.37. The molecule has 0 spiro atoms. The molecule has 184 valence electrons. The van der Waals surface area contributed by atoms with Gasteiger partial charge in [0.2, 0.25) is 5.91 Å². The molecule has 2 heterocycles. The van der Waals surface area contributed by atoms with Crippen LogP contribution in [0.1, 0.15) is 17.2 Å². The van der Waals surface area contributed by atoms with Gasteiger partial charge in [-0.15, -0.1) is 0 Å². The summed E-state index contributed by atoms with van der Waals surface area (Å²) >= 11 is 6.10. The van der Waals surface area contributed by atoms with Crippen LogP contribution in [0.5, 0.6) is 5.75 Å². The molecule has 0 radical (unpaired) electrons. The van der Waals surface area contributed by atoms with Gasteiger partial charge in [0, 0.05) is 5.02 Å². The number of hydrogen-bond acceptors (Lipinski definition) is 5. The Morgan fingerprint density at radius 2 is 1.41 bits per heavy atom. The van der Waals surface area contributed by atoms with Gasteiger partial charge in [-0.2, -0.15) is 0 Å². The number of imide groups is 1. The van der Waals surface area contributed by atoms with E-state index >= 15 is 0 Å². The van der Waals surface area contributed by atoms with Crippen molar-refractivity contribution in [3.8, 4) is 5.75 Å². The van der Waals surface area contributed by atoms with Crippen LogP contribution in [0, 0.1) is 0 Å². The highest BCUT2D eigenvalue weighted by Gasteiger charge is 2.72. The minimum Gasteiger partial charge on any atom is -0.497 e. The highest BCUT2D eigenvalue weighted by Crippen LogP contribution is 2.57. The summed E-state index contributed by atoms with van der Waals surface area (Å²) in [6.45, 7) is 0. The average molecular weight is 511 g/mol. The zero-order valence-corrected chi connectivity index (χ0v) is 20.7. The topological polar surface area (TPSA) is 59.1 Å². The summed E-state index contributed by atoms with van der Waals surface area (Å²) in [5.74, 6) is -0.0840. The van der Waals surface area contributed by atoms with Gasteiger partial charge in [0.25, 0.3) is 5.91 Å². The molecule has 0 saturated carbocycles. The van der Waals surface area contributed by atoms with E-state index in [2.05, 4.69) is 0 Å². The predicted molar refractivity (Wildman–Crippen MR) is 142 cm³/mol. The molecule has 7 heteroatoms. The first-order chi connectivity index (χ1) is 18.1. The fourth-order valence-corrected chi connectivity index (χ4v) is 5.53. The van der Waals surface area contributed by atoms with Crippen LogP contribution in [0.15, 0.2) is 109 Å². The van der Waals surface area contributed by atoms with Crippen molar-refractivity contribution in [1.82, 2.24) is 0 Å². The van der Waals surface area contributed by atoms with Gasteiger partial charge >= 0.3 is 0 Å². The van der Waals surface area contributed by atoms with E-state index < -0.39 is 23.5 Å². The normalized spacial score (nSPS) is 22.9. The number of benzene rings is 4. The van der Waals surface area contributed by atoms with E-state index in [0.29, 0.717) is 22.0 Å². The Kier molecular flexibility index (Phi) is 5.71. The van der Waals surface area contributed by atoms with Crippen molar-refractivity contribution in [3.63, 3.8) is 0 Å². The van der Waals surface area contributed by atoms with E-state index in [9.17, 15) is 9.59 Å². The molecule has 37 heavy (non-hydrogen) atoms. The maximum Gasteiger partial charge on any atom is 0.267 e. The van der Waals surface area contributed by atoms with Gasteiger partial charge in [0.1, 0.15) is 17.2 Å². The first kappa shape index (κ1) is 23.3. The lowest BCUT2D eigenvalue weighted by Gasteiger charge is -2.35. The number of nitrogens with zero attached hydrogens (tertiary/aromatic N) is 2. The molecule has 2 aliphatic heterocycles. The SMILES string of the molecule is COc1ccc([C@@H]2N(c3ccccc3)O[C@@H]3C(=O)N(c4ccc(Cl)cc4)C(=O)[C@@]32c2ccccc2)cc1. The average Bonchev–Trinajstić information content (AvgIpc) is 3.41. The van der Waals surface area contributed by atoms with Crippen molar-refractivity contribution in [2.45, 2.75) is 17.6 Å². The van der Waals surface area contributed by atoms with Crippen molar-refractivity contribution < 1.29 is 19.2 Å². The van der Waals surface area contributed by atoms with E-state index in [-0.39, 0.29) is 5.91 Å². The molecule has 4 aromatic carbocycles. The van der Waals surface area contributed by atoms with Crippen molar-refractivity contribution in [2.75, 3.05) is 17.1 Å². The predicted octanol–water partition coefficient (Wildman–Crippen LogP) is 5.72. The third-order valence-corrected chi connectivity index (χ3v) is 7.33. The first-order valence-corrected chi connectivity index (χ1v) is 12.3. The highest BCUT2D eigenvalue weighted by atomic mass is 35.5. The second kappa shape index (κ2) is 9.07. The minimum atomic E-state index is -1.34. The Bertz CT molecular complexity index is 1440. The molecule has 0 unspecified atom stereocenters. The Hall–Kier alpha value is -4.13. The van der Waals surface area contributed by atoms with Crippen molar-refractivity contribution in [3.05, 3.63) is 125 Å². The van der Waals surface area contributed by atoms with E-state index in [4.69, 9.17) is 21.2 Å². The maximum absolute atomic E-state index is 14.6. The molecule has 2 fully saturated rings. The van der Waals surface area contributed by atoms with Gasteiger partial charge in [0.05, 0.1) is 18.5 Å². The second-order valence-corrected chi connectivity index (χ2v) is 9.45. The third kappa shape index (κ3) is 3.52. The number of rotatable bonds is 5. The Balaban J connectivity index is 1.60. The molecular weight excluding hydrogens is 488 g/mol. The van der Waals surface area contributed by atoms with Crippen LogP contribution in [0.25, 0.3) is 0 Å². The van der Waals surface area contributed by atoms with Gasteiger partial charge in [-0.1, -0.05) is 72.3 Å². The van der Waals surface area contributed by atoms with Crippen LogP contribution in [0.4, 0.5) is 11.4 Å². The molecule has 0 aliphatic carbocycles. The smallest absolute Gasteiger partial charge is 0.267 e. The number of hydrogen-bond donors (Lipinski definition) is 0. The lowest BCUT2D eigenvalue weighted by molar-refractivity contribution is -0.126. The summed E-state index contributed by atoms with van der Waals surface area (Å²) in [7, 11) is 1.61. The van der Waals surface area contributed by atoms with Gasteiger partial charge in [0.15, 0.2) is 6.10 Å². The number of carbonyl (C=O) groups is 2. The number of methoxy groups -OCH3 is 1. The molecule has 6 nitrogen and oxygen atoms in total. The van der Waals surface area contributed by atoms with Crippen molar-refractivity contribution in [1.29, 1.82) is 0 Å². The van der Waals surface area contributed by atoms with Crippen LogP contribution < -0.4 is 14.7 Å². The van der Waals surface area contributed by atoms with E-state index in [1.807, 2.05) is 84.9 Å². The Morgan fingerprint density at radius 3 is 2.03 bits per heavy atom. The fourth-order valence-electron chi connectivity index (χ4n) is 5.41. The van der Waals surface area contributed by atoms with Gasteiger partial charge < -0.3 is 4.74 Å². The van der Waals surface area contributed by atoms with E-state index in [0.717, 1.165) is 11.3 Å². The summed E-state index contributed by atoms with van der Waals surface area (Å²) in [4.78, 5) is 36.3. The molecule has 0 aromatic heterocycles. The van der Waals surface area contributed by atoms with Crippen molar-refractivity contribution >= 4 is 34.8 Å². The number of para-hydroxylation sites is 1. The second-order valence-electron chi connectivity index (χ2n) is 9.01. The molecule has 2 aliphatic rings.